The number of carboxylic acid groups (broad SMARTS) is 1. The van der Waals surface area contributed by atoms with Gasteiger partial charge in [-0.05, 0) is 24.3 Å². The number of para-hydroxylation sites is 3. The molecule has 0 bridgehead atoms. The minimum atomic E-state index is -1.20. The number of hydrogen-bond donors (Lipinski definition) is 2. The maximum Gasteiger partial charge on any atom is 0.339 e. The molecule has 8 nitrogen and oxygen atoms in total. The third kappa shape index (κ3) is 3.21. The fraction of sp³-hybridized carbons (Fsp3) is 0.0455. The topological polar surface area (TPSA) is 115 Å². The van der Waals surface area contributed by atoms with Gasteiger partial charge in [-0.15, -0.1) is 11.3 Å². The van der Waals surface area contributed by atoms with Crippen molar-refractivity contribution < 1.29 is 28.3 Å². The lowest BCUT2D eigenvalue weighted by atomic mass is 10.1. The van der Waals surface area contributed by atoms with Crippen LogP contribution in [0.1, 0.15) is 21.0 Å². The van der Waals surface area contributed by atoms with Gasteiger partial charge in [0.15, 0.2) is 16.9 Å². The third-order valence-corrected chi connectivity index (χ3v) is 5.61. The molecule has 0 fully saturated rings. The second-order valence-electron chi connectivity index (χ2n) is 6.59. The molecule has 0 atom stereocenters. The molecule has 2 N–H and O–H groups in total. The standard InChI is InChI=1S/C22H14N2O6S/c1-28-15-8-4-5-11-9-16(29-18(11)15)12-10-31-21(17(12)22(26)27)24-19(25)20-23-13-6-2-3-7-14(13)30-20/h2-10H,1H3,(H,24,25)(H,26,27). The number of carboxylic acids is 1. The highest BCUT2D eigenvalue weighted by Gasteiger charge is 2.25. The van der Waals surface area contributed by atoms with Gasteiger partial charge in [0.1, 0.15) is 21.8 Å². The molecular formula is C22H14N2O6S. The molecule has 1 amide bonds. The maximum atomic E-state index is 12.6. The van der Waals surface area contributed by atoms with Crippen LogP contribution in [-0.2, 0) is 0 Å². The zero-order valence-electron chi connectivity index (χ0n) is 16.0. The summed E-state index contributed by atoms with van der Waals surface area (Å²) in [6.45, 7) is 0. The van der Waals surface area contributed by atoms with E-state index in [2.05, 4.69) is 10.3 Å². The Balaban J connectivity index is 1.52. The zero-order chi connectivity index (χ0) is 21.5. The van der Waals surface area contributed by atoms with Crippen LogP contribution in [0.5, 0.6) is 5.75 Å². The predicted octanol–water partition coefficient (Wildman–Crippen LogP) is 5.26. The number of rotatable bonds is 5. The maximum absolute atomic E-state index is 12.6. The van der Waals surface area contributed by atoms with Gasteiger partial charge in [0.05, 0.1) is 7.11 Å². The fourth-order valence-electron chi connectivity index (χ4n) is 3.30. The molecule has 0 spiro atoms. The fourth-order valence-corrected chi connectivity index (χ4v) is 4.24. The zero-order valence-corrected chi connectivity index (χ0v) is 16.9. The van der Waals surface area contributed by atoms with Crippen molar-refractivity contribution in [1.29, 1.82) is 0 Å². The van der Waals surface area contributed by atoms with E-state index in [0.717, 1.165) is 16.7 Å². The minimum Gasteiger partial charge on any atom is -0.493 e. The number of furan rings is 1. The molecule has 2 aromatic carbocycles. The lowest BCUT2D eigenvalue weighted by Gasteiger charge is -2.03. The number of nitrogens with one attached hydrogen (secondary N) is 1. The van der Waals surface area contributed by atoms with Crippen LogP contribution in [0.3, 0.4) is 0 Å². The van der Waals surface area contributed by atoms with E-state index < -0.39 is 11.9 Å². The molecule has 3 aromatic heterocycles. The van der Waals surface area contributed by atoms with E-state index in [1.807, 2.05) is 12.1 Å². The second-order valence-corrected chi connectivity index (χ2v) is 7.47. The number of fused-ring (bicyclic) bond motifs is 2. The molecule has 0 radical (unpaired) electrons. The Hall–Kier alpha value is -4.11. The van der Waals surface area contributed by atoms with Gasteiger partial charge in [-0.25, -0.2) is 9.78 Å². The molecule has 0 unspecified atom stereocenters. The van der Waals surface area contributed by atoms with E-state index in [9.17, 15) is 14.7 Å². The normalized spacial score (nSPS) is 11.1. The molecule has 0 aliphatic heterocycles. The molecule has 154 valence electrons. The van der Waals surface area contributed by atoms with Crippen LogP contribution in [0, 0.1) is 0 Å². The number of hydrogen-bond acceptors (Lipinski definition) is 7. The first-order valence-corrected chi connectivity index (χ1v) is 10.0. The quantitative estimate of drug-likeness (QED) is 0.388. The second kappa shape index (κ2) is 7.29. The first kappa shape index (κ1) is 18.9. The van der Waals surface area contributed by atoms with E-state index in [1.54, 1.807) is 41.8 Å². The summed E-state index contributed by atoms with van der Waals surface area (Å²) < 4.78 is 16.6. The van der Waals surface area contributed by atoms with Gasteiger partial charge in [0, 0.05) is 16.3 Å². The number of amides is 1. The van der Waals surface area contributed by atoms with E-state index >= 15 is 0 Å². The van der Waals surface area contributed by atoms with E-state index in [4.69, 9.17) is 13.6 Å². The number of oxazole rings is 1. The molecular weight excluding hydrogens is 420 g/mol. The van der Waals surface area contributed by atoms with Crippen LogP contribution in [0.4, 0.5) is 5.00 Å². The summed E-state index contributed by atoms with van der Waals surface area (Å²) in [6, 6.07) is 14.1. The van der Waals surface area contributed by atoms with Gasteiger partial charge in [0.2, 0.25) is 0 Å². The Bertz CT molecular complexity index is 1430. The summed E-state index contributed by atoms with van der Waals surface area (Å²) in [5.74, 6) is -1.09. The van der Waals surface area contributed by atoms with Crippen LogP contribution in [0.25, 0.3) is 33.4 Å². The average molecular weight is 434 g/mol. The number of anilines is 1. The molecule has 0 aliphatic rings. The number of carbonyl (C=O) groups is 2. The van der Waals surface area contributed by atoms with Crippen LogP contribution in [-0.4, -0.2) is 29.1 Å². The van der Waals surface area contributed by atoms with Crippen LogP contribution in [0.15, 0.2) is 62.7 Å². The Kier molecular flexibility index (Phi) is 4.45. The highest BCUT2D eigenvalue weighted by molar-refractivity contribution is 7.15. The summed E-state index contributed by atoms with van der Waals surface area (Å²) in [7, 11) is 1.53. The number of aromatic carboxylic acids is 1. The summed E-state index contributed by atoms with van der Waals surface area (Å²) in [4.78, 5) is 28.8. The van der Waals surface area contributed by atoms with E-state index in [1.165, 1.54) is 7.11 Å². The molecule has 5 rings (SSSR count). The van der Waals surface area contributed by atoms with Gasteiger partial charge >= 0.3 is 11.9 Å². The summed E-state index contributed by atoms with van der Waals surface area (Å²) in [5, 5.41) is 15.0. The summed E-state index contributed by atoms with van der Waals surface area (Å²) in [5.41, 5.74) is 1.79. The van der Waals surface area contributed by atoms with Crippen molar-refractivity contribution in [1.82, 2.24) is 4.98 Å². The molecule has 0 saturated heterocycles. The first-order chi connectivity index (χ1) is 15.0. The monoisotopic (exact) mass is 434 g/mol. The van der Waals surface area contributed by atoms with Crippen molar-refractivity contribution in [3.8, 4) is 17.1 Å². The SMILES string of the molecule is COc1cccc2cc(-c3csc(NC(=O)c4nc5ccccc5o4)c3C(=O)O)oc12. The molecule has 31 heavy (non-hydrogen) atoms. The van der Waals surface area contributed by atoms with E-state index in [-0.39, 0.29) is 16.5 Å². The summed E-state index contributed by atoms with van der Waals surface area (Å²) >= 11 is 1.08. The number of carbonyl (C=O) groups excluding carboxylic acids is 1. The van der Waals surface area contributed by atoms with Crippen molar-refractivity contribution in [3.05, 3.63) is 65.4 Å². The lowest BCUT2D eigenvalue weighted by Crippen LogP contribution is -2.13. The molecule has 0 saturated carbocycles. The highest BCUT2D eigenvalue weighted by atomic mass is 32.1. The van der Waals surface area contributed by atoms with Gasteiger partial charge in [-0.1, -0.05) is 24.3 Å². The van der Waals surface area contributed by atoms with Crippen molar-refractivity contribution in [2.24, 2.45) is 0 Å². The molecule has 3 heterocycles. The number of ether oxygens (including phenoxy) is 1. The van der Waals surface area contributed by atoms with Gasteiger partial charge in [-0.2, -0.15) is 0 Å². The predicted molar refractivity (Wildman–Crippen MR) is 115 cm³/mol. The minimum absolute atomic E-state index is 0.0764. The Morgan fingerprint density at radius 1 is 1.13 bits per heavy atom. The van der Waals surface area contributed by atoms with Crippen molar-refractivity contribution in [2.45, 2.75) is 0 Å². The largest absolute Gasteiger partial charge is 0.493 e. The Morgan fingerprint density at radius 2 is 1.97 bits per heavy atom. The van der Waals surface area contributed by atoms with Crippen LogP contribution in [0.2, 0.25) is 0 Å². The van der Waals surface area contributed by atoms with Crippen molar-refractivity contribution in [2.75, 3.05) is 12.4 Å². The van der Waals surface area contributed by atoms with E-state index in [0.29, 0.717) is 33.8 Å². The average Bonchev–Trinajstić information content (AvgIpc) is 3.48. The smallest absolute Gasteiger partial charge is 0.339 e. The van der Waals surface area contributed by atoms with Crippen LogP contribution >= 0.6 is 11.3 Å². The molecule has 5 aromatic rings. The number of thiophene rings is 1. The molecule has 9 heteroatoms. The number of nitrogens with zero attached hydrogens (tertiary/aromatic N) is 1. The number of aromatic nitrogens is 1. The van der Waals surface area contributed by atoms with Crippen LogP contribution < -0.4 is 10.1 Å². The highest BCUT2D eigenvalue weighted by Crippen LogP contribution is 2.40. The van der Waals surface area contributed by atoms with Gasteiger partial charge in [0.25, 0.3) is 5.89 Å². The molecule has 0 aliphatic carbocycles. The Labute approximate surface area is 178 Å². The van der Waals surface area contributed by atoms with Crippen molar-refractivity contribution >= 4 is 50.3 Å². The number of methoxy groups -OCH3 is 1. The van der Waals surface area contributed by atoms with Crippen molar-refractivity contribution in [3.63, 3.8) is 0 Å². The van der Waals surface area contributed by atoms with Gasteiger partial charge < -0.3 is 24.0 Å². The number of benzene rings is 2. The first-order valence-electron chi connectivity index (χ1n) is 9.14. The third-order valence-electron chi connectivity index (χ3n) is 4.71. The lowest BCUT2D eigenvalue weighted by molar-refractivity contribution is 0.0699. The van der Waals surface area contributed by atoms with Gasteiger partial charge in [-0.3, -0.25) is 4.79 Å². The summed E-state index contributed by atoms with van der Waals surface area (Å²) in [6.07, 6.45) is 0. The Morgan fingerprint density at radius 3 is 2.74 bits per heavy atom.